The van der Waals surface area contributed by atoms with Gasteiger partial charge in [0.25, 0.3) is 0 Å². The van der Waals surface area contributed by atoms with E-state index in [4.69, 9.17) is 11.6 Å². The van der Waals surface area contributed by atoms with Crippen LogP contribution in [0.25, 0.3) is 28.2 Å². The highest BCUT2D eigenvalue weighted by atomic mass is 35.5. The number of rotatable bonds is 4. The third kappa shape index (κ3) is 4.28. The molecule has 0 bridgehead atoms. The summed E-state index contributed by atoms with van der Waals surface area (Å²) in [7, 11) is -3.38. The first kappa shape index (κ1) is 22.1. The van der Waals surface area contributed by atoms with Gasteiger partial charge in [0, 0.05) is 24.2 Å². The lowest BCUT2D eigenvalue weighted by Crippen LogP contribution is -2.09. The molecule has 164 valence electrons. The van der Waals surface area contributed by atoms with Crippen LogP contribution in [-0.4, -0.2) is 24.2 Å². The van der Waals surface area contributed by atoms with Gasteiger partial charge in [0.15, 0.2) is 9.84 Å². The van der Waals surface area contributed by atoms with Crippen LogP contribution in [0.5, 0.6) is 0 Å². The number of nitrogens with zero attached hydrogens (tertiary/aromatic N) is 2. The van der Waals surface area contributed by atoms with E-state index in [0.717, 1.165) is 12.3 Å². The Morgan fingerprint density at radius 1 is 0.938 bits per heavy atom. The van der Waals surface area contributed by atoms with Crippen molar-refractivity contribution in [3.8, 4) is 28.2 Å². The number of sulfone groups is 1. The first-order chi connectivity index (χ1) is 15.1. The van der Waals surface area contributed by atoms with Gasteiger partial charge in [-0.15, -0.1) is 0 Å². The Hall–Kier alpha value is -3.10. The maximum absolute atomic E-state index is 13.5. The zero-order valence-electron chi connectivity index (χ0n) is 16.6. The molecular weight excluding hydrogens is 461 g/mol. The highest BCUT2D eigenvalue weighted by Crippen LogP contribution is 2.38. The normalized spacial score (nSPS) is 12.2. The minimum atomic E-state index is -4.54. The number of benzene rings is 3. The summed E-state index contributed by atoms with van der Waals surface area (Å²) in [6.07, 6.45) is -0.469. The average Bonchev–Trinajstić information content (AvgIpc) is 3.22. The van der Waals surface area contributed by atoms with Gasteiger partial charge in [-0.1, -0.05) is 48.0 Å². The predicted molar refractivity (Wildman–Crippen MR) is 118 cm³/mol. The summed E-state index contributed by atoms with van der Waals surface area (Å²) < 4.78 is 65.7. The van der Waals surface area contributed by atoms with Crippen LogP contribution in [0.2, 0.25) is 5.02 Å². The van der Waals surface area contributed by atoms with Gasteiger partial charge in [-0.3, -0.25) is 4.57 Å². The van der Waals surface area contributed by atoms with Gasteiger partial charge in [-0.2, -0.15) is 13.2 Å². The molecule has 0 amide bonds. The molecule has 0 aliphatic heterocycles. The van der Waals surface area contributed by atoms with Crippen molar-refractivity contribution in [1.82, 2.24) is 9.55 Å². The van der Waals surface area contributed by atoms with Crippen molar-refractivity contribution < 1.29 is 21.6 Å². The largest absolute Gasteiger partial charge is 0.417 e. The summed E-state index contributed by atoms with van der Waals surface area (Å²) >= 11 is 6.50. The minimum Gasteiger partial charge on any atom is -0.298 e. The lowest BCUT2D eigenvalue weighted by Gasteiger charge is -2.15. The molecule has 0 spiro atoms. The molecule has 4 rings (SSSR count). The number of imidazole rings is 1. The van der Waals surface area contributed by atoms with Crippen LogP contribution < -0.4 is 0 Å². The number of hydrogen-bond donors (Lipinski definition) is 0. The second kappa shape index (κ2) is 8.11. The molecule has 3 aromatic carbocycles. The first-order valence-corrected chi connectivity index (χ1v) is 11.6. The Morgan fingerprint density at radius 2 is 1.66 bits per heavy atom. The van der Waals surface area contributed by atoms with E-state index in [0.29, 0.717) is 16.8 Å². The molecule has 4 nitrogen and oxygen atoms in total. The van der Waals surface area contributed by atoms with E-state index in [9.17, 15) is 21.6 Å². The van der Waals surface area contributed by atoms with Gasteiger partial charge in [0.1, 0.15) is 5.82 Å². The van der Waals surface area contributed by atoms with Crippen LogP contribution in [0.15, 0.2) is 84.0 Å². The zero-order chi connectivity index (χ0) is 23.1. The highest BCUT2D eigenvalue weighted by Gasteiger charge is 2.34. The summed E-state index contributed by atoms with van der Waals surface area (Å²) in [6.45, 7) is 0. The molecule has 1 aromatic heterocycles. The summed E-state index contributed by atoms with van der Waals surface area (Å²) in [5.41, 5.74) is 0.902. The highest BCUT2D eigenvalue weighted by molar-refractivity contribution is 7.90. The number of aromatic nitrogens is 2. The quantitative estimate of drug-likeness (QED) is 0.348. The lowest BCUT2D eigenvalue weighted by molar-refractivity contribution is -0.137. The van der Waals surface area contributed by atoms with E-state index in [2.05, 4.69) is 4.98 Å². The molecule has 0 aliphatic carbocycles. The topological polar surface area (TPSA) is 52.0 Å². The average molecular weight is 477 g/mol. The van der Waals surface area contributed by atoms with Crippen molar-refractivity contribution in [2.75, 3.05) is 6.26 Å². The molecule has 32 heavy (non-hydrogen) atoms. The maximum Gasteiger partial charge on any atom is 0.417 e. The van der Waals surface area contributed by atoms with Gasteiger partial charge in [-0.25, -0.2) is 13.4 Å². The number of halogens is 4. The summed E-state index contributed by atoms with van der Waals surface area (Å²) in [6, 6.07) is 16.7. The Balaban J connectivity index is 1.79. The molecule has 1 heterocycles. The summed E-state index contributed by atoms with van der Waals surface area (Å²) in [5, 5.41) is 0.274. The van der Waals surface area contributed by atoms with E-state index in [1.165, 1.54) is 41.2 Å². The number of hydrogen-bond acceptors (Lipinski definition) is 3. The van der Waals surface area contributed by atoms with Crippen molar-refractivity contribution in [3.63, 3.8) is 0 Å². The van der Waals surface area contributed by atoms with Crippen molar-refractivity contribution >= 4 is 21.4 Å². The van der Waals surface area contributed by atoms with Crippen LogP contribution in [0.4, 0.5) is 13.2 Å². The van der Waals surface area contributed by atoms with Crippen molar-refractivity contribution in [3.05, 3.63) is 89.7 Å². The van der Waals surface area contributed by atoms with Crippen LogP contribution in [0.3, 0.4) is 0 Å². The van der Waals surface area contributed by atoms with Gasteiger partial charge in [0.05, 0.1) is 21.2 Å². The molecule has 0 aliphatic rings. The molecule has 0 atom stereocenters. The molecule has 0 radical (unpaired) electrons. The molecule has 0 saturated heterocycles. The fourth-order valence-corrected chi connectivity index (χ4v) is 4.35. The Kier molecular flexibility index (Phi) is 5.60. The van der Waals surface area contributed by atoms with Gasteiger partial charge in [-0.05, 0) is 41.5 Å². The maximum atomic E-state index is 13.5. The van der Waals surface area contributed by atoms with Crippen LogP contribution in [-0.2, 0) is 16.0 Å². The number of alkyl halides is 3. The second-order valence-electron chi connectivity index (χ2n) is 7.13. The fraction of sp³-hybridized carbons (Fsp3) is 0.0870. The lowest BCUT2D eigenvalue weighted by atomic mass is 10.0. The van der Waals surface area contributed by atoms with Crippen LogP contribution in [0, 0.1) is 0 Å². The van der Waals surface area contributed by atoms with Gasteiger partial charge < -0.3 is 0 Å². The molecule has 0 N–H and O–H groups in total. The van der Waals surface area contributed by atoms with Gasteiger partial charge in [0.2, 0.25) is 0 Å². The molecule has 0 unspecified atom stereocenters. The van der Waals surface area contributed by atoms with Crippen molar-refractivity contribution in [1.29, 1.82) is 0 Å². The molecule has 9 heteroatoms. The Labute approximate surface area is 187 Å². The predicted octanol–water partition coefficient (Wildman–Crippen LogP) is 6.28. The Morgan fingerprint density at radius 3 is 2.34 bits per heavy atom. The molecule has 0 fully saturated rings. The standard InChI is InChI=1S/C23H16ClF3N2O2S/c1-32(30,31)17-6-4-5-15(13-17)16-9-10-21(20(24)14-16)29-12-11-28-22(29)18-7-2-3-8-19(18)23(25,26)27/h2-14H,1H3. The van der Waals surface area contributed by atoms with E-state index in [-0.39, 0.29) is 21.3 Å². The Bertz CT molecular complexity index is 1410. The van der Waals surface area contributed by atoms with E-state index >= 15 is 0 Å². The minimum absolute atomic E-state index is 0.0639. The molecule has 4 aromatic rings. The molecule has 0 saturated carbocycles. The fourth-order valence-electron chi connectivity index (χ4n) is 3.41. The summed E-state index contributed by atoms with van der Waals surface area (Å²) in [5.74, 6) is 0.103. The van der Waals surface area contributed by atoms with Crippen LogP contribution >= 0.6 is 11.6 Å². The van der Waals surface area contributed by atoms with E-state index < -0.39 is 21.6 Å². The van der Waals surface area contributed by atoms with Gasteiger partial charge >= 0.3 is 6.18 Å². The smallest absolute Gasteiger partial charge is 0.298 e. The first-order valence-electron chi connectivity index (χ1n) is 9.36. The van der Waals surface area contributed by atoms with Crippen molar-refractivity contribution in [2.24, 2.45) is 0 Å². The van der Waals surface area contributed by atoms with Crippen LogP contribution in [0.1, 0.15) is 5.56 Å². The monoisotopic (exact) mass is 476 g/mol. The van der Waals surface area contributed by atoms with E-state index in [1.807, 2.05) is 0 Å². The SMILES string of the molecule is CS(=O)(=O)c1cccc(-c2ccc(-n3ccnc3-c3ccccc3C(F)(F)F)c(Cl)c2)c1. The molecular formula is C23H16ClF3N2O2S. The summed E-state index contributed by atoms with van der Waals surface area (Å²) in [4.78, 5) is 4.31. The second-order valence-corrected chi connectivity index (χ2v) is 9.55. The zero-order valence-corrected chi connectivity index (χ0v) is 18.2. The van der Waals surface area contributed by atoms with E-state index in [1.54, 1.807) is 36.4 Å². The van der Waals surface area contributed by atoms with Crippen molar-refractivity contribution in [2.45, 2.75) is 11.1 Å². The third-order valence-corrected chi connectivity index (χ3v) is 6.33. The third-order valence-electron chi connectivity index (χ3n) is 4.92.